The lowest BCUT2D eigenvalue weighted by atomic mass is 10.0. The summed E-state index contributed by atoms with van der Waals surface area (Å²) in [6, 6.07) is 8.74. The lowest BCUT2D eigenvalue weighted by Crippen LogP contribution is -2.35. The molecule has 1 heterocycles. The Morgan fingerprint density at radius 1 is 1.32 bits per heavy atom. The van der Waals surface area contributed by atoms with Crippen molar-refractivity contribution in [3.05, 3.63) is 58.6 Å². The number of nitrogens with one attached hydrogen (secondary N) is 1. The highest BCUT2D eigenvalue weighted by Crippen LogP contribution is 2.31. The predicted molar refractivity (Wildman–Crippen MR) is 103 cm³/mol. The summed E-state index contributed by atoms with van der Waals surface area (Å²) in [5.41, 5.74) is 2.09. The first kappa shape index (κ1) is 19.9. The van der Waals surface area contributed by atoms with Gasteiger partial charge in [0, 0.05) is 23.6 Å². The summed E-state index contributed by atoms with van der Waals surface area (Å²) in [6.07, 6.45) is 0.595. The van der Waals surface area contributed by atoms with Crippen molar-refractivity contribution in [2.24, 2.45) is 0 Å². The molecule has 2 N–H and O–H groups in total. The molecule has 0 bridgehead atoms. The molecule has 0 saturated heterocycles. The van der Waals surface area contributed by atoms with Crippen LogP contribution in [0.4, 0.5) is 4.39 Å². The van der Waals surface area contributed by atoms with Gasteiger partial charge in [-0.05, 0) is 59.3 Å². The molecule has 0 spiro atoms. The van der Waals surface area contributed by atoms with E-state index >= 15 is 0 Å². The van der Waals surface area contributed by atoms with E-state index in [4.69, 9.17) is 11.6 Å². The van der Waals surface area contributed by atoms with E-state index < -0.39 is 11.9 Å². The lowest BCUT2D eigenvalue weighted by molar-refractivity contribution is 0.0922. The Balaban J connectivity index is 2.15. The van der Waals surface area contributed by atoms with Gasteiger partial charge in [-0.3, -0.25) is 4.79 Å². The van der Waals surface area contributed by atoms with Crippen LogP contribution in [0.3, 0.4) is 0 Å². The van der Waals surface area contributed by atoms with Gasteiger partial charge < -0.3 is 10.4 Å². The molecule has 1 atom stereocenters. The maximum atomic E-state index is 13.5. The zero-order valence-electron chi connectivity index (χ0n) is 15.4. The van der Waals surface area contributed by atoms with Crippen LogP contribution >= 0.6 is 11.6 Å². The normalized spacial score (nSPS) is 12.0. The van der Waals surface area contributed by atoms with Crippen molar-refractivity contribution in [2.75, 3.05) is 6.61 Å². The van der Waals surface area contributed by atoms with Crippen LogP contribution in [0.1, 0.15) is 30.0 Å². The zero-order chi connectivity index (χ0) is 20.3. The van der Waals surface area contributed by atoms with Gasteiger partial charge in [0.15, 0.2) is 5.82 Å². The molecule has 9 heteroatoms. The van der Waals surface area contributed by atoms with E-state index in [-0.39, 0.29) is 17.5 Å². The van der Waals surface area contributed by atoms with Crippen molar-refractivity contribution in [3.63, 3.8) is 0 Å². The van der Waals surface area contributed by atoms with E-state index in [0.717, 1.165) is 0 Å². The number of carbonyl (C=O) groups excluding carboxylic acids is 1. The second kappa shape index (κ2) is 8.45. The number of aliphatic hydroxyl groups is 1. The molecule has 0 aliphatic rings. The molecule has 0 saturated carbocycles. The molecule has 0 unspecified atom stereocenters. The quantitative estimate of drug-likeness (QED) is 0.660. The van der Waals surface area contributed by atoms with E-state index in [9.17, 15) is 14.3 Å². The Kier molecular flexibility index (Phi) is 6.01. The summed E-state index contributed by atoms with van der Waals surface area (Å²) in [6.45, 7) is 3.42. The number of halogens is 2. The van der Waals surface area contributed by atoms with Crippen molar-refractivity contribution in [3.8, 4) is 16.8 Å². The molecule has 0 radical (unpaired) electrons. The fraction of sp³-hybridized carbons (Fsp3) is 0.263. The average Bonchev–Trinajstić information content (AvgIpc) is 3.16. The molecule has 0 fully saturated rings. The van der Waals surface area contributed by atoms with Crippen molar-refractivity contribution in [2.45, 2.75) is 26.3 Å². The summed E-state index contributed by atoms with van der Waals surface area (Å²) < 4.78 is 15.0. The number of nitrogens with zero attached hydrogens (tertiary/aromatic N) is 4. The number of amides is 1. The van der Waals surface area contributed by atoms with Crippen molar-refractivity contribution in [1.29, 1.82) is 0 Å². The molecule has 1 aromatic heterocycles. The number of tetrazole rings is 1. The fourth-order valence-corrected chi connectivity index (χ4v) is 3.00. The van der Waals surface area contributed by atoms with Crippen LogP contribution in [0.25, 0.3) is 16.8 Å². The SMILES string of the molecule is CCc1nnnn1-c1cc(C(=O)N[C@@H](C)CO)cc(-c2ccc(F)cc2Cl)c1. The summed E-state index contributed by atoms with van der Waals surface area (Å²) in [5.74, 6) is -0.195. The molecule has 3 aromatic rings. The maximum absolute atomic E-state index is 13.5. The van der Waals surface area contributed by atoms with Gasteiger partial charge in [-0.15, -0.1) is 5.10 Å². The molecule has 0 aliphatic heterocycles. The second-order valence-electron chi connectivity index (χ2n) is 6.31. The number of carbonyl (C=O) groups is 1. The highest BCUT2D eigenvalue weighted by atomic mass is 35.5. The lowest BCUT2D eigenvalue weighted by Gasteiger charge is -2.14. The summed E-state index contributed by atoms with van der Waals surface area (Å²) >= 11 is 6.22. The van der Waals surface area contributed by atoms with Crippen LogP contribution in [0, 0.1) is 5.82 Å². The predicted octanol–water partition coefficient (Wildman–Crippen LogP) is 2.79. The van der Waals surface area contributed by atoms with Crippen LogP contribution in [0.15, 0.2) is 36.4 Å². The van der Waals surface area contributed by atoms with Gasteiger partial charge >= 0.3 is 0 Å². The third kappa shape index (κ3) is 4.18. The summed E-state index contributed by atoms with van der Waals surface area (Å²) in [7, 11) is 0. The number of aromatic nitrogens is 4. The van der Waals surface area contributed by atoms with Gasteiger partial charge in [0.2, 0.25) is 0 Å². The third-order valence-corrected chi connectivity index (χ3v) is 4.48. The Bertz CT molecular complexity index is 1010. The van der Waals surface area contributed by atoms with Gasteiger partial charge in [-0.2, -0.15) is 4.68 Å². The largest absolute Gasteiger partial charge is 0.394 e. The average molecular weight is 404 g/mol. The van der Waals surface area contributed by atoms with Gasteiger partial charge in [0.1, 0.15) is 5.82 Å². The molecule has 3 rings (SSSR count). The van der Waals surface area contributed by atoms with Crippen LogP contribution in [0.2, 0.25) is 5.02 Å². The minimum Gasteiger partial charge on any atom is -0.394 e. The Hall–Kier alpha value is -2.84. The Labute approximate surface area is 166 Å². The minimum atomic E-state index is -0.451. The van der Waals surface area contributed by atoms with Gasteiger partial charge in [0.25, 0.3) is 5.91 Å². The molecule has 146 valence electrons. The van der Waals surface area contributed by atoms with Gasteiger partial charge in [0.05, 0.1) is 17.3 Å². The number of hydrogen-bond donors (Lipinski definition) is 2. The van der Waals surface area contributed by atoms with Gasteiger partial charge in [-0.25, -0.2) is 4.39 Å². The minimum absolute atomic E-state index is 0.185. The van der Waals surface area contributed by atoms with E-state index in [1.807, 2.05) is 6.92 Å². The highest BCUT2D eigenvalue weighted by molar-refractivity contribution is 6.33. The zero-order valence-corrected chi connectivity index (χ0v) is 16.1. The van der Waals surface area contributed by atoms with E-state index in [0.29, 0.717) is 34.6 Å². The first-order valence-electron chi connectivity index (χ1n) is 8.72. The van der Waals surface area contributed by atoms with E-state index in [1.165, 1.54) is 16.8 Å². The summed E-state index contributed by atoms with van der Waals surface area (Å²) in [5, 5.41) is 23.8. The van der Waals surface area contributed by atoms with Crippen molar-refractivity contribution in [1.82, 2.24) is 25.5 Å². The van der Waals surface area contributed by atoms with Crippen LogP contribution in [-0.2, 0) is 6.42 Å². The van der Waals surface area contributed by atoms with Crippen LogP contribution in [-0.4, -0.2) is 43.9 Å². The van der Waals surface area contributed by atoms with Crippen molar-refractivity contribution < 1.29 is 14.3 Å². The van der Waals surface area contributed by atoms with Crippen molar-refractivity contribution >= 4 is 17.5 Å². The number of aliphatic hydroxyl groups excluding tert-OH is 1. The summed E-state index contributed by atoms with van der Waals surface area (Å²) in [4.78, 5) is 12.6. The van der Waals surface area contributed by atoms with E-state index in [2.05, 4.69) is 20.8 Å². The molecule has 2 aromatic carbocycles. The first-order chi connectivity index (χ1) is 13.4. The number of aryl methyl sites for hydroxylation is 1. The number of hydrogen-bond acceptors (Lipinski definition) is 5. The molecule has 28 heavy (non-hydrogen) atoms. The molecule has 1 amide bonds. The standard InChI is InChI=1S/C19H19ClFN5O2/c1-3-18-23-24-25-26(18)15-7-12(16-5-4-14(21)9-17(16)20)6-13(8-15)19(28)22-11(2)10-27/h4-9,11,27H,3,10H2,1-2H3,(H,22,28)/t11-/m0/s1. The smallest absolute Gasteiger partial charge is 0.251 e. The first-order valence-corrected chi connectivity index (χ1v) is 9.10. The van der Waals surface area contributed by atoms with Gasteiger partial charge in [-0.1, -0.05) is 18.5 Å². The number of benzene rings is 2. The monoisotopic (exact) mass is 403 g/mol. The Morgan fingerprint density at radius 3 is 2.79 bits per heavy atom. The second-order valence-corrected chi connectivity index (χ2v) is 6.72. The highest BCUT2D eigenvalue weighted by Gasteiger charge is 2.16. The third-order valence-electron chi connectivity index (χ3n) is 4.17. The maximum Gasteiger partial charge on any atom is 0.251 e. The van der Waals surface area contributed by atoms with E-state index in [1.54, 1.807) is 31.2 Å². The van der Waals surface area contributed by atoms with Crippen LogP contribution in [0.5, 0.6) is 0 Å². The number of rotatable bonds is 6. The molecular weight excluding hydrogens is 385 g/mol. The molecule has 7 nitrogen and oxygen atoms in total. The Morgan fingerprint density at radius 2 is 2.11 bits per heavy atom. The van der Waals surface area contributed by atoms with Crippen LogP contribution < -0.4 is 5.32 Å². The molecular formula is C19H19ClFN5O2. The molecule has 0 aliphatic carbocycles. The fourth-order valence-electron chi connectivity index (χ4n) is 2.72. The topological polar surface area (TPSA) is 92.9 Å².